The maximum absolute atomic E-state index is 12.8. The highest BCUT2D eigenvalue weighted by Gasteiger charge is 2.43. The van der Waals surface area contributed by atoms with Gasteiger partial charge in [-0.2, -0.15) is 5.10 Å². The predicted molar refractivity (Wildman–Crippen MR) is 113 cm³/mol. The second kappa shape index (κ2) is 8.02. The normalized spacial score (nSPS) is 18.0. The molecule has 4 rings (SSSR count). The number of aryl methyl sites for hydroxylation is 2. The summed E-state index contributed by atoms with van der Waals surface area (Å²) in [6.07, 6.45) is 3.37. The largest absolute Gasteiger partial charge is 0.493 e. The molecule has 1 amide bonds. The van der Waals surface area contributed by atoms with Gasteiger partial charge < -0.3 is 9.72 Å². The average Bonchev–Trinajstić information content (AvgIpc) is 3.40. The van der Waals surface area contributed by atoms with Crippen molar-refractivity contribution in [1.29, 1.82) is 0 Å². The quantitative estimate of drug-likeness (QED) is 0.585. The van der Waals surface area contributed by atoms with E-state index in [1.54, 1.807) is 11.7 Å². The lowest BCUT2D eigenvalue weighted by atomic mass is 10.0. The molecule has 3 aromatic rings. The van der Waals surface area contributed by atoms with Crippen LogP contribution < -0.4 is 16.0 Å². The van der Waals surface area contributed by atoms with Gasteiger partial charge in [0.05, 0.1) is 23.8 Å². The predicted octanol–water partition coefficient (Wildman–Crippen LogP) is 1.62. The third-order valence-electron chi connectivity index (χ3n) is 5.68. The van der Waals surface area contributed by atoms with Gasteiger partial charge in [-0.1, -0.05) is 19.4 Å². The lowest BCUT2D eigenvalue weighted by Gasteiger charge is -2.12. The number of carbonyl (C=O) groups excluding carboxylic acids is 1. The Bertz CT molecular complexity index is 1160. The number of amides is 1. The first-order valence-electron chi connectivity index (χ1n) is 10.5. The van der Waals surface area contributed by atoms with Crippen LogP contribution in [0.15, 0.2) is 23.0 Å². The fourth-order valence-electron chi connectivity index (χ4n) is 4.12. The van der Waals surface area contributed by atoms with Crippen LogP contribution in [0.1, 0.15) is 37.9 Å². The first-order valence-corrected chi connectivity index (χ1v) is 10.5. The molecule has 1 aliphatic rings. The Hall–Kier alpha value is -3.00. The average molecular weight is 410 g/mol. The number of nitrogens with one attached hydrogen (secondary N) is 1. The van der Waals surface area contributed by atoms with Crippen molar-refractivity contribution in [1.82, 2.24) is 19.7 Å². The summed E-state index contributed by atoms with van der Waals surface area (Å²) < 4.78 is 7.41. The molecule has 158 valence electrons. The molecule has 0 saturated heterocycles. The van der Waals surface area contributed by atoms with Crippen molar-refractivity contribution in [2.75, 3.05) is 6.61 Å². The smallest absolute Gasteiger partial charge is 0.312 e. The van der Waals surface area contributed by atoms with Gasteiger partial charge in [0.2, 0.25) is 0 Å². The zero-order valence-corrected chi connectivity index (χ0v) is 17.7. The Morgan fingerprint density at radius 1 is 1.37 bits per heavy atom. The molecule has 0 spiro atoms. The maximum Gasteiger partial charge on any atom is 0.312 e. The number of hydrogen-bond acceptors (Lipinski definition) is 5. The van der Waals surface area contributed by atoms with Gasteiger partial charge >= 0.3 is 5.91 Å². The molecule has 0 bridgehead atoms. The Morgan fingerprint density at radius 2 is 2.17 bits per heavy atom. The van der Waals surface area contributed by atoms with Crippen LogP contribution in [0.2, 0.25) is 0 Å². The minimum atomic E-state index is -0.217. The van der Waals surface area contributed by atoms with Crippen LogP contribution in [-0.4, -0.2) is 32.3 Å². The Kier molecular flexibility index (Phi) is 5.42. The summed E-state index contributed by atoms with van der Waals surface area (Å²) in [6.45, 7) is 4.51. The molecule has 1 fully saturated rings. The van der Waals surface area contributed by atoms with E-state index in [4.69, 9.17) is 9.72 Å². The SMILES string of the molecule is CCCc1nn(C)c2c(=O)[nH]c(-c3cc(CC4CC4C([NH3+])=O)ccc3OCC)nc12. The summed E-state index contributed by atoms with van der Waals surface area (Å²) in [5, 5.41) is 4.49. The van der Waals surface area contributed by atoms with Crippen molar-refractivity contribution in [3.05, 3.63) is 39.8 Å². The molecule has 0 aliphatic heterocycles. The number of benzene rings is 1. The maximum atomic E-state index is 12.8. The van der Waals surface area contributed by atoms with E-state index in [2.05, 4.69) is 22.7 Å². The number of quaternary nitrogens is 1. The van der Waals surface area contributed by atoms with Crippen LogP contribution in [0.5, 0.6) is 5.75 Å². The van der Waals surface area contributed by atoms with Crippen LogP contribution in [0.4, 0.5) is 0 Å². The van der Waals surface area contributed by atoms with Crippen molar-refractivity contribution < 1.29 is 15.3 Å². The molecular weight excluding hydrogens is 382 g/mol. The molecule has 1 aliphatic carbocycles. The molecule has 2 heterocycles. The number of hydrogen-bond donors (Lipinski definition) is 2. The molecule has 2 aromatic heterocycles. The topological polar surface area (TPSA) is 118 Å². The van der Waals surface area contributed by atoms with Crippen molar-refractivity contribution in [2.24, 2.45) is 18.9 Å². The second-order valence-electron chi connectivity index (χ2n) is 7.97. The van der Waals surface area contributed by atoms with E-state index < -0.39 is 0 Å². The Labute approximate surface area is 174 Å². The number of aromatic nitrogens is 4. The van der Waals surface area contributed by atoms with Gasteiger partial charge in [0, 0.05) is 7.05 Å². The molecule has 0 radical (unpaired) electrons. The first kappa shape index (κ1) is 20.3. The fraction of sp³-hybridized carbons (Fsp3) is 0.455. The summed E-state index contributed by atoms with van der Waals surface area (Å²) in [4.78, 5) is 32.0. The van der Waals surface area contributed by atoms with E-state index in [0.29, 0.717) is 35.1 Å². The number of aromatic amines is 1. The minimum Gasteiger partial charge on any atom is -0.493 e. The number of fused-ring (bicyclic) bond motifs is 1. The molecule has 8 heteroatoms. The van der Waals surface area contributed by atoms with Crippen LogP contribution in [0, 0.1) is 11.8 Å². The van der Waals surface area contributed by atoms with E-state index in [1.807, 2.05) is 25.1 Å². The third-order valence-corrected chi connectivity index (χ3v) is 5.68. The van der Waals surface area contributed by atoms with E-state index in [1.165, 1.54) is 0 Å². The highest BCUT2D eigenvalue weighted by atomic mass is 16.5. The highest BCUT2D eigenvalue weighted by Crippen LogP contribution is 2.41. The lowest BCUT2D eigenvalue weighted by molar-refractivity contribution is -0.308. The van der Waals surface area contributed by atoms with Gasteiger partial charge in [0.1, 0.15) is 17.1 Å². The monoisotopic (exact) mass is 410 g/mol. The zero-order chi connectivity index (χ0) is 21.4. The van der Waals surface area contributed by atoms with E-state index in [-0.39, 0.29) is 17.4 Å². The summed E-state index contributed by atoms with van der Waals surface area (Å²) in [5.41, 5.74) is 7.10. The number of rotatable bonds is 8. The van der Waals surface area contributed by atoms with Gasteiger partial charge in [0.15, 0.2) is 5.52 Å². The van der Waals surface area contributed by atoms with E-state index in [9.17, 15) is 9.59 Å². The number of H-pyrrole nitrogens is 1. The zero-order valence-electron chi connectivity index (χ0n) is 17.7. The molecule has 1 saturated carbocycles. The summed E-state index contributed by atoms with van der Waals surface area (Å²) in [5.74, 6) is 1.57. The molecule has 1 aromatic carbocycles. The van der Waals surface area contributed by atoms with Crippen LogP contribution in [-0.2, 0) is 24.7 Å². The minimum absolute atomic E-state index is 0.0163. The molecule has 8 nitrogen and oxygen atoms in total. The molecule has 30 heavy (non-hydrogen) atoms. The van der Waals surface area contributed by atoms with E-state index >= 15 is 0 Å². The van der Waals surface area contributed by atoms with Gasteiger partial charge in [-0.05, 0) is 49.8 Å². The third kappa shape index (κ3) is 3.75. The summed E-state index contributed by atoms with van der Waals surface area (Å²) in [7, 11) is 1.76. The first-order chi connectivity index (χ1) is 14.4. The Balaban J connectivity index is 1.78. The fourth-order valence-corrected chi connectivity index (χ4v) is 4.12. The van der Waals surface area contributed by atoms with Gasteiger partial charge in [-0.25, -0.2) is 9.78 Å². The summed E-state index contributed by atoms with van der Waals surface area (Å²) in [6, 6.07) is 5.94. The van der Waals surface area contributed by atoms with Crippen LogP contribution in [0.3, 0.4) is 0 Å². The number of ether oxygens (including phenoxy) is 1. The molecule has 2 unspecified atom stereocenters. The second-order valence-corrected chi connectivity index (χ2v) is 7.97. The van der Waals surface area contributed by atoms with Gasteiger partial charge in [-0.15, -0.1) is 0 Å². The van der Waals surface area contributed by atoms with Crippen molar-refractivity contribution in [3.8, 4) is 17.1 Å². The van der Waals surface area contributed by atoms with Crippen molar-refractivity contribution in [2.45, 2.75) is 39.5 Å². The molecule has 2 atom stereocenters. The van der Waals surface area contributed by atoms with Crippen molar-refractivity contribution >= 4 is 16.9 Å². The molecule has 4 N–H and O–H groups in total. The number of carbonyl (C=O) groups is 1. The molecular formula is C22H28N5O3+. The van der Waals surface area contributed by atoms with Gasteiger partial charge in [0.25, 0.3) is 5.56 Å². The van der Waals surface area contributed by atoms with Crippen LogP contribution >= 0.6 is 0 Å². The highest BCUT2D eigenvalue weighted by molar-refractivity contribution is 5.80. The van der Waals surface area contributed by atoms with Crippen LogP contribution in [0.25, 0.3) is 22.4 Å². The lowest BCUT2D eigenvalue weighted by Crippen LogP contribution is -2.58. The summed E-state index contributed by atoms with van der Waals surface area (Å²) >= 11 is 0. The standard InChI is InChI=1S/C22H27N5O3/c1-4-6-16-18-19(27(3)26-16)22(29)25-21(24-18)15-10-12(7-8-17(15)30-5-2)9-13-11-14(13)20(23)28/h7-8,10,13-14H,4-6,9,11H2,1-3H3,(H2,23,28)(H,24,25,29)/p+1. The number of nitrogens with zero attached hydrogens (tertiary/aromatic N) is 3. The van der Waals surface area contributed by atoms with Crippen molar-refractivity contribution in [3.63, 3.8) is 0 Å². The van der Waals surface area contributed by atoms with E-state index in [0.717, 1.165) is 42.5 Å². The Morgan fingerprint density at radius 3 is 2.83 bits per heavy atom. The van der Waals surface area contributed by atoms with Gasteiger partial charge in [-0.3, -0.25) is 15.2 Å².